The molecule has 0 spiro atoms. The highest BCUT2D eigenvalue weighted by atomic mass is 32.2. The lowest BCUT2D eigenvalue weighted by atomic mass is 10.2. The number of sulfonamides is 1. The van der Waals surface area contributed by atoms with Crippen LogP contribution in [0.2, 0.25) is 0 Å². The molecule has 1 aromatic heterocycles. The molecule has 176 valence electrons. The Kier molecular flexibility index (Phi) is 7.29. The molecule has 2 amide bonds. The first kappa shape index (κ1) is 23.3. The second-order valence-electron chi connectivity index (χ2n) is 8.32. The van der Waals surface area contributed by atoms with E-state index in [4.69, 9.17) is 4.42 Å². The molecule has 2 saturated heterocycles. The molecule has 1 aromatic carbocycles. The summed E-state index contributed by atoms with van der Waals surface area (Å²) < 4.78 is 32.5. The van der Waals surface area contributed by atoms with E-state index in [2.05, 4.69) is 0 Å². The predicted molar refractivity (Wildman–Crippen MR) is 124 cm³/mol. The number of rotatable bonds is 5. The van der Waals surface area contributed by atoms with E-state index in [-0.39, 0.29) is 16.7 Å². The van der Waals surface area contributed by atoms with Gasteiger partial charge in [0.15, 0.2) is 5.76 Å². The van der Waals surface area contributed by atoms with E-state index in [1.165, 1.54) is 12.3 Å². The SMILES string of the molecule is O=C(/C=C/c1ccc(S(=O)(=O)N2CCCCCC2)cc1)N1CCN(C(=O)c2ccco2)CC1. The molecular formula is C24H29N3O5S. The first-order valence-electron chi connectivity index (χ1n) is 11.4. The molecule has 2 aliphatic rings. The third kappa shape index (κ3) is 5.54. The normalized spacial score (nSPS) is 18.4. The Morgan fingerprint density at radius 2 is 1.45 bits per heavy atom. The molecular weight excluding hydrogens is 442 g/mol. The van der Waals surface area contributed by atoms with Gasteiger partial charge in [0.1, 0.15) is 0 Å². The molecule has 33 heavy (non-hydrogen) atoms. The summed E-state index contributed by atoms with van der Waals surface area (Å²) in [5, 5.41) is 0. The second-order valence-corrected chi connectivity index (χ2v) is 10.3. The van der Waals surface area contributed by atoms with E-state index < -0.39 is 10.0 Å². The summed E-state index contributed by atoms with van der Waals surface area (Å²) in [7, 11) is -3.48. The van der Waals surface area contributed by atoms with Gasteiger partial charge in [0.25, 0.3) is 5.91 Å². The maximum Gasteiger partial charge on any atom is 0.289 e. The predicted octanol–water partition coefficient (Wildman–Crippen LogP) is 2.84. The largest absolute Gasteiger partial charge is 0.459 e. The van der Waals surface area contributed by atoms with Crippen molar-refractivity contribution in [3.8, 4) is 0 Å². The monoisotopic (exact) mass is 471 g/mol. The van der Waals surface area contributed by atoms with Gasteiger partial charge >= 0.3 is 0 Å². The smallest absolute Gasteiger partial charge is 0.289 e. The number of amides is 2. The van der Waals surface area contributed by atoms with Crippen molar-refractivity contribution in [2.24, 2.45) is 0 Å². The van der Waals surface area contributed by atoms with Crippen LogP contribution in [-0.2, 0) is 14.8 Å². The van der Waals surface area contributed by atoms with Crippen molar-refractivity contribution < 1.29 is 22.4 Å². The zero-order valence-corrected chi connectivity index (χ0v) is 19.4. The maximum absolute atomic E-state index is 12.9. The Balaban J connectivity index is 1.32. The lowest BCUT2D eigenvalue weighted by Crippen LogP contribution is -2.50. The van der Waals surface area contributed by atoms with Crippen LogP contribution in [0.1, 0.15) is 41.8 Å². The highest BCUT2D eigenvalue weighted by molar-refractivity contribution is 7.89. The fourth-order valence-corrected chi connectivity index (χ4v) is 5.66. The number of carbonyl (C=O) groups excluding carboxylic acids is 2. The van der Waals surface area contributed by atoms with Gasteiger partial charge < -0.3 is 14.2 Å². The van der Waals surface area contributed by atoms with Crippen molar-refractivity contribution >= 4 is 27.9 Å². The van der Waals surface area contributed by atoms with Crippen molar-refractivity contribution in [3.05, 3.63) is 60.1 Å². The van der Waals surface area contributed by atoms with Gasteiger partial charge in [0.05, 0.1) is 11.2 Å². The summed E-state index contributed by atoms with van der Waals surface area (Å²) in [6, 6.07) is 9.94. The highest BCUT2D eigenvalue weighted by Crippen LogP contribution is 2.21. The number of hydrogen-bond acceptors (Lipinski definition) is 5. The van der Waals surface area contributed by atoms with Crippen LogP contribution >= 0.6 is 0 Å². The number of benzene rings is 1. The quantitative estimate of drug-likeness (QED) is 0.626. The Morgan fingerprint density at radius 3 is 2.06 bits per heavy atom. The van der Waals surface area contributed by atoms with E-state index in [0.29, 0.717) is 45.0 Å². The number of nitrogens with zero attached hydrogens (tertiary/aromatic N) is 3. The molecule has 2 aliphatic heterocycles. The summed E-state index contributed by atoms with van der Waals surface area (Å²) in [5.74, 6) is -0.00445. The molecule has 3 heterocycles. The third-order valence-electron chi connectivity index (χ3n) is 6.11. The molecule has 8 nitrogen and oxygen atoms in total. The molecule has 0 N–H and O–H groups in total. The van der Waals surface area contributed by atoms with Crippen LogP contribution in [0.15, 0.2) is 58.1 Å². The van der Waals surface area contributed by atoms with Crippen LogP contribution in [0, 0.1) is 0 Å². The van der Waals surface area contributed by atoms with Gasteiger partial charge in [-0.1, -0.05) is 25.0 Å². The topological polar surface area (TPSA) is 91.1 Å². The fraction of sp³-hybridized carbons (Fsp3) is 0.417. The van der Waals surface area contributed by atoms with Crippen molar-refractivity contribution in [2.45, 2.75) is 30.6 Å². The van der Waals surface area contributed by atoms with Crippen LogP contribution < -0.4 is 0 Å². The summed E-state index contributed by atoms with van der Waals surface area (Å²) in [6.07, 6.45) is 8.57. The lowest BCUT2D eigenvalue weighted by molar-refractivity contribution is -0.127. The zero-order valence-electron chi connectivity index (χ0n) is 18.6. The molecule has 2 fully saturated rings. The molecule has 4 rings (SSSR count). The molecule has 2 aromatic rings. The van der Waals surface area contributed by atoms with Gasteiger partial charge in [-0.3, -0.25) is 9.59 Å². The van der Waals surface area contributed by atoms with Crippen molar-refractivity contribution in [1.29, 1.82) is 0 Å². The summed E-state index contributed by atoms with van der Waals surface area (Å²) in [6.45, 7) is 2.92. The average molecular weight is 472 g/mol. The maximum atomic E-state index is 12.9. The summed E-state index contributed by atoms with van der Waals surface area (Å²) >= 11 is 0. The third-order valence-corrected chi connectivity index (χ3v) is 8.02. The van der Waals surface area contributed by atoms with Crippen molar-refractivity contribution in [1.82, 2.24) is 14.1 Å². The van der Waals surface area contributed by atoms with Crippen LogP contribution in [-0.4, -0.2) is 73.6 Å². The Labute approximate surface area is 194 Å². The standard InChI is InChI=1S/C24H29N3O5S/c28-23(25-15-17-26(18-16-25)24(29)22-6-5-19-32-22)12-9-20-7-10-21(11-8-20)33(30,31)27-13-3-1-2-4-14-27/h5-12,19H,1-4,13-18H2/b12-9+. The number of hydrogen-bond donors (Lipinski definition) is 0. The minimum absolute atomic E-state index is 0.138. The fourth-order valence-electron chi connectivity index (χ4n) is 4.14. The van der Waals surface area contributed by atoms with Crippen LogP contribution in [0.3, 0.4) is 0 Å². The Bertz CT molecular complexity index is 1080. The average Bonchev–Trinajstić information content (AvgIpc) is 3.24. The van der Waals surface area contributed by atoms with E-state index in [9.17, 15) is 18.0 Å². The second kappa shape index (κ2) is 10.4. The molecule has 0 unspecified atom stereocenters. The molecule has 0 radical (unpaired) electrons. The molecule has 0 saturated carbocycles. The van der Waals surface area contributed by atoms with Crippen LogP contribution in [0.5, 0.6) is 0 Å². The number of piperazine rings is 1. The molecule has 9 heteroatoms. The Morgan fingerprint density at radius 1 is 0.818 bits per heavy atom. The summed E-state index contributed by atoms with van der Waals surface area (Å²) in [5.41, 5.74) is 0.754. The molecule has 0 atom stereocenters. The molecule has 0 bridgehead atoms. The van der Waals surface area contributed by atoms with Crippen molar-refractivity contribution in [3.63, 3.8) is 0 Å². The van der Waals surface area contributed by atoms with Gasteiger partial charge in [-0.25, -0.2) is 8.42 Å². The van der Waals surface area contributed by atoms with Crippen LogP contribution in [0.4, 0.5) is 0 Å². The van der Waals surface area contributed by atoms with Crippen LogP contribution in [0.25, 0.3) is 6.08 Å². The van der Waals surface area contributed by atoms with Gasteiger partial charge in [-0.05, 0) is 48.7 Å². The number of furan rings is 1. The minimum Gasteiger partial charge on any atom is -0.459 e. The molecule has 0 aliphatic carbocycles. The van der Waals surface area contributed by atoms with Crippen molar-refractivity contribution in [2.75, 3.05) is 39.3 Å². The van der Waals surface area contributed by atoms with E-state index in [0.717, 1.165) is 31.2 Å². The Hall–Kier alpha value is -2.91. The summed E-state index contributed by atoms with van der Waals surface area (Å²) in [4.78, 5) is 28.5. The van der Waals surface area contributed by atoms with Gasteiger partial charge in [-0.2, -0.15) is 4.31 Å². The highest BCUT2D eigenvalue weighted by Gasteiger charge is 2.26. The minimum atomic E-state index is -3.48. The van der Waals surface area contributed by atoms with E-state index in [1.54, 1.807) is 56.6 Å². The number of carbonyl (C=O) groups is 2. The van der Waals surface area contributed by atoms with Gasteiger partial charge in [-0.15, -0.1) is 0 Å². The lowest BCUT2D eigenvalue weighted by Gasteiger charge is -2.33. The van der Waals surface area contributed by atoms with Gasteiger partial charge in [0.2, 0.25) is 15.9 Å². The van der Waals surface area contributed by atoms with E-state index in [1.807, 2.05) is 0 Å². The van der Waals surface area contributed by atoms with Gasteiger partial charge in [0, 0.05) is 45.3 Å². The first-order valence-corrected chi connectivity index (χ1v) is 12.8. The van der Waals surface area contributed by atoms with E-state index >= 15 is 0 Å². The first-order chi connectivity index (χ1) is 15.9. The zero-order chi connectivity index (χ0) is 23.3.